The van der Waals surface area contributed by atoms with Crippen LogP contribution in [0.4, 0.5) is 0 Å². The van der Waals surface area contributed by atoms with Gasteiger partial charge < -0.3 is 10.4 Å². The van der Waals surface area contributed by atoms with E-state index in [1.807, 2.05) is 54.6 Å². The summed E-state index contributed by atoms with van der Waals surface area (Å²) < 4.78 is 0. The van der Waals surface area contributed by atoms with Crippen LogP contribution in [0.15, 0.2) is 54.6 Å². The van der Waals surface area contributed by atoms with Gasteiger partial charge in [-0.25, -0.2) is 0 Å². The van der Waals surface area contributed by atoms with Gasteiger partial charge in [-0.1, -0.05) is 67.9 Å². The Kier molecular flexibility index (Phi) is 7.48. The van der Waals surface area contributed by atoms with E-state index in [9.17, 15) is 9.90 Å². The van der Waals surface area contributed by atoms with Crippen molar-refractivity contribution in [2.75, 3.05) is 0 Å². The van der Waals surface area contributed by atoms with Crippen molar-refractivity contribution in [1.29, 1.82) is 0 Å². The molecule has 0 aliphatic heterocycles. The summed E-state index contributed by atoms with van der Waals surface area (Å²) in [5, 5.41) is 13.7. The third kappa shape index (κ3) is 6.89. The second kappa shape index (κ2) is 9.59. The first-order valence-corrected chi connectivity index (χ1v) is 9.09. The molecule has 4 heteroatoms. The molecule has 2 N–H and O–H groups in total. The molecule has 0 aliphatic rings. The highest BCUT2D eigenvalue weighted by Crippen LogP contribution is 2.16. The number of carbonyl (C=O) groups is 1. The molecule has 2 aromatic carbocycles. The number of benzene rings is 2. The molecule has 0 fully saturated rings. The van der Waals surface area contributed by atoms with E-state index in [1.165, 1.54) is 0 Å². The van der Waals surface area contributed by atoms with Gasteiger partial charge in [0.05, 0.1) is 0 Å². The van der Waals surface area contributed by atoms with E-state index in [0.717, 1.165) is 24.0 Å². The lowest BCUT2D eigenvalue weighted by Gasteiger charge is -2.25. The van der Waals surface area contributed by atoms with Gasteiger partial charge in [-0.3, -0.25) is 4.79 Å². The van der Waals surface area contributed by atoms with Crippen molar-refractivity contribution in [1.82, 2.24) is 5.32 Å². The van der Waals surface area contributed by atoms with Gasteiger partial charge in [0.1, 0.15) is 6.04 Å². The van der Waals surface area contributed by atoms with E-state index in [4.69, 9.17) is 11.6 Å². The van der Waals surface area contributed by atoms with Crippen LogP contribution < -0.4 is 5.32 Å². The summed E-state index contributed by atoms with van der Waals surface area (Å²) in [4.78, 5) is 11.7. The number of hydrogen-bond donors (Lipinski definition) is 2. The lowest BCUT2D eigenvalue weighted by molar-refractivity contribution is -0.139. The zero-order valence-electron chi connectivity index (χ0n) is 14.8. The molecule has 0 spiro atoms. The van der Waals surface area contributed by atoms with Crippen LogP contribution in [0, 0.1) is 5.92 Å². The summed E-state index contributed by atoms with van der Waals surface area (Å²) in [5.74, 6) is -0.341. The van der Waals surface area contributed by atoms with E-state index in [-0.39, 0.29) is 6.04 Å². The first-order valence-electron chi connectivity index (χ1n) is 8.71. The van der Waals surface area contributed by atoms with Gasteiger partial charge in [0, 0.05) is 11.1 Å². The number of hydrogen-bond acceptors (Lipinski definition) is 2. The first kappa shape index (κ1) is 19.5. The molecule has 134 valence electrons. The van der Waals surface area contributed by atoms with E-state index in [2.05, 4.69) is 19.2 Å². The maximum absolute atomic E-state index is 11.7. The van der Waals surface area contributed by atoms with Gasteiger partial charge in [-0.05, 0) is 48.4 Å². The molecule has 0 bridgehead atoms. The Morgan fingerprint density at radius 1 is 1.04 bits per heavy atom. The second-order valence-corrected chi connectivity index (χ2v) is 7.34. The smallest absolute Gasteiger partial charge is 0.321 e. The van der Waals surface area contributed by atoms with Crippen LogP contribution >= 0.6 is 11.6 Å². The highest BCUT2D eigenvalue weighted by atomic mass is 35.5. The fourth-order valence-electron chi connectivity index (χ4n) is 3.08. The van der Waals surface area contributed by atoms with Crippen LogP contribution in [-0.4, -0.2) is 23.2 Å². The Bertz CT molecular complexity index is 673. The summed E-state index contributed by atoms with van der Waals surface area (Å²) in [7, 11) is 0. The number of carboxylic acids is 1. The Hall–Kier alpha value is -1.84. The van der Waals surface area contributed by atoms with Crippen molar-refractivity contribution >= 4 is 17.6 Å². The summed E-state index contributed by atoms with van der Waals surface area (Å²) in [6.45, 7) is 4.30. The topological polar surface area (TPSA) is 49.3 Å². The predicted octanol–water partition coefficient (Wildman–Crippen LogP) is 4.58. The maximum atomic E-state index is 11.7. The standard InChI is InChI=1S/C21H26ClNO2/c1-15(2)11-19(13-17-9-6-10-18(22)12-17)23-20(21(24)25)14-16-7-4-3-5-8-16/h3-10,12,15,19-20,23H,11,13-14H2,1-2H3,(H,24,25)/t19?,20-/m1/s1. The molecule has 0 radical (unpaired) electrons. The maximum Gasteiger partial charge on any atom is 0.321 e. The highest BCUT2D eigenvalue weighted by Gasteiger charge is 2.23. The monoisotopic (exact) mass is 359 g/mol. The average molecular weight is 360 g/mol. The van der Waals surface area contributed by atoms with Crippen molar-refractivity contribution in [2.24, 2.45) is 5.92 Å². The number of halogens is 1. The minimum Gasteiger partial charge on any atom is -0.480 e. The molecule has 25 heavy (non-hydrogen) atoms. The van der Waals surface area contributed by atoms with Gasteiger partial charge in [0.15, 0.2) is 0 Å². The fraction of sp³-hybridized carbons (Fsp3) is 0.381. The number of aliphatic carboxylic acids is 1. The molecule has 2 rings (SSSR count). The van der Waals surface area contributed by atoms with Crippen LogP contribution in [0.25, 0.3) is 0 Å². The van der Waals surface area contributed by atoms with Crippen molar-refractivity contribution in [3.63, 3.8) is 0 Å². The van der Waals surface area contributed by atoms with Crippen molar-refractivity contribution in [3.05, 3.63) is 70.7 Å². The first-order chi connectivity index (χ1) is 11.9. The van der Waals surface area contributed by atoms with E-state index in [1.54, 1.807) is 0 Å². The zero-order valence-corrected chi connectivity index (χ0v) is 15.5. The van der Waals surface area contributed by atoms with Gasteiger partial charge >= 0.3 is 5.97 Å². The van der Waals surface area contributed by atoms with Crippen LogP contribution in [0.1, 0.15) is 31.4 Å². The lowest BCUT2D eigenvalue weighted by Crippen LogP contribution is -2.46. The Morgan fingerprint density at radius 2 is 1.72 bits per heavy atom. The number of carboxylic acid groups (broad SMARTS) is 1. The third-order valence-corrected chi connectivity index (χ3v) is 4.38. The number of nitrogens with one attached hydrogen (secondary N) is 1. The van der Waals surface area contributed by atoms with Crippen LogP contribution in [0.2, 0.25) is 5.02 Å². The largest absolute Gasteiger partial charge is 0.480 e. The van der Waals surface area contributed by atoms with Gasteiger partial charge in [0.25, 0.3) is 0 Å². The van der Waals surface area contributed by atoms with Gasteiger partial charge in [-0.2, -0.15) is 0 Å². The Morgan fingerprint density at radius 3 is 2.32 bits per heavy atom. The van der Waals surface area contributed by atoms with Crippen molar-refractivity contribution in [2.45, 2.75) is 45.2 Å². The fourth-order valence-corrected chi connectivity index (χ4v) is 3.29. The molecule has 0 amide bonds. The Labute approximate surface area is 155 Å². The quantitative estimate of drug-likeness (QED) is 0.688. The molecule has 0 aliphatic carbocycles. The molecule has 2 aromatic rings. The average Bonchev–Trinajstić information content (AvgIpc) is 2.54. The highest BCUT2D eigenvalue weighted by molar-refractivity contribution is 6.30. The number of rotatable bonds is 9. The third-order valence-electron chi connectivity index (χ3n) is 4.14. The van der Waals surface area contributed by atoms with Crippen molar-refractivity contribution < 1.29 is 9.90 Å². The minimum atomic E-state index is -0.816. The molecule has 1 unspecified atom stereocenters. The summed E-state index contributed by atoms with van der Waals surface area (Å²) in [5.41, 5.74) is 2.14. The molecular weight excluding hydrogens is 334 g/mol. The Balaban J connectivity index is 2.10. The molecular formula is C21H26ClNO2. The SMILES string of the molecule is CC(C)CC(Cc1cccc(Cl)c1)N[C@H](Cc1ccccc1)C(=O)O. The molecule has 0 heterocycles. The summed E-state index contributed by atoms with van der Waals surface area (Å²) in [6, 6.07) is 17.0. The van der Waals surface area contributed by atoms with Crippen LogP contribution in [0.5, 0.6) is 0 Å². The minimum absolute atomic E-state index is 0.0864. The molecule has 0 saturated carbocycles. The summed E-state index contributed by atoms with van der Waals surface area (Å²) >= 11 is 6.08. The second-order valence-electron chi connectivity index (χ2n) is 6.91. The van der Waals surface area contributed by atoms with E-state index in [0.29, 0.717) is 17.4 Å². The summed E-state index contributed by atoms with van der Waals surface area (Å²) in [6.07, 6.45) is 2.14. The van der Waals surface area contributed by atoms with E-state index >= 15 is 0 Å². The molecule has 0 aromatic heterocycles. The van der Waals surface area contributed by atoms with Gasteiger partial charge in [0.2, 0.25) is 0 Å². The van der Waals surface area contributed by atoms with Crippen LogP contribution in [0.3, 0.4) is 0 Å². The lowest BCUT2D eigenvalue weighted by atomic mass is 9.95. The van der Waals surface area contributed by atoms with E-state index < -0.39 is 12.0 Å². The predicted molar refractivity (Wildman–Crippen MR) is 103 cm³/mol. The zero-order chi connectivity index (χ0) is 18.2. The molecule has 2 atom stereocenters. The normalized spacial score (nSPS) is 13.6. The molecule has 3 nitrogen and oxygen atoms in total. The van der Waals surface area contributed by atoms with Gasteiger partial charge in [-0.15, -0.1) is 0 Å². The molecule has 0 saturated heterocycles. The van der Waals surface area contributed by atoms with Crippen molar-refractivity contribution in [3.8, 4) is 0 Å². The van der Waals surface area contributed by atoms with Crippen LogP contribution in [-0.2, 0) is 17.6 Å².